The number of aryl methyl sites for hydroxylation is 1. The maximum Gasteiger partial charge on any atom is 0.305 e. The van der Waals surface area contributed by atoms with E-state index in [9.17, 15) is 33.5 Å². The Kier molecular flexibility index (Phi) is 11.0. The molecular weight excluding hydrogens is 577 g/mol. The minimum atomic E-state index is -1.16. The SMILES string of the molecule is CC[C@H](C)[C@@H](C(=O)N[C@H]1CCc2cccc3c2N(C1=O)[C@H](C(=O)NCc1cn[nH]n1)C3)N(CCC(=O)O)C(=O)COCCF. The standard InChI is InChI=1S/C29H38FN7O7/c1-3-17(2)25(36(11-9-24(39)40)23(38)16-44-12-10-30)28(42)33-21-8-7-18-5-4-6-19-13-22(37(26(18)19)29(21)43)27(41)31-14-20-15-32-35-34-20/h4-6,15,17,21-22,25H,3,7-14,16H2,1-2H3,(H,31,41)(H,33,42)(H,39,40)(H,32,34,35)/t17-,21-,22-,25-/m0/s1. The van der Waals surface area contributed by atoms with Crippen LogP contribution in [0.15, 0.2) is 24.4 Å². The number of hydrogen-bond acceptors (Lipinski definition) is 8. The number of benzene rings is 1. The highest BCUT2D eigenvalue weighted by Crippen LogP contribution is 2.39. The summed E-state index contributed by atoms with van der Waals surface area (Å²) < 4.78 is 17.6. The molecule has 14 nitrogen and oxygen atoms in total. The van der Waals surface area contributed by atoms with Crippen LogP contribution in [0.2, 0.25) is 0 Å². The molecule has 15 heteroatoms. The van der Waals surface area contributed by atoms with Crippen molar-refractivity contribution in [3.05, 3.63) is 41.2 Å². The minimum Gasteiger partial charge on any atom is -0.481 e. The minimum absolute atomic E-state index is 0.114. The highest BCUT2D eigenvalue weighted by Gasteiger charge is 2.45. The van der Waals surface area contributed by atoms with E-state index in [0.29, 0.717) is 30.6 Å². The highest BCUT2D eigenvalue weighted by molar-refractivity contribution is 6.08. The van der Waals surface area contributed by atoms with E-state index >= 15 is 0 Å². The van der Waals surface area contributed by atoms with Crippen LogP contribution in [0.4, 0.5) is 10.1 Å². The number of anilines is 1. The van der Waals surface area contributed by atoms with Crippen LogP contribution in [0.3, 0.4) is 0 Å². The van der Waals surface area contributed by atoms with E-state index in [-0.39, 0.29) is 32.0 Å². The van der Waals surface area contributed by atoms with Gasteiger partial charge >= 0.3 is 5.97 Å². The summed E-state index contributed by atoms with van der Waals surface area (Å²) in [5, 5.41) is 25.1. The lowest BCUT2D eigenvalue weighted by Crippen LogP contribution is -2.59. The smallest absolute Gasteiger partial charge is 0.305 e. The van der Waals surface area contributed by atoms with Gasteiger partial charge < -0.3 is 25.4 Å². The van der Waals surface area contributed by atoms with Gasteiger partial charge in [-0.05, 0) is 29.9 Å². The largest absolute Gasteiger partial charge is 0.481 e. The summed E-state index contributed by atoms with van der Waals surface area (Å²) in [4.78, 5) is 68.4. The Hall–Kier alpha value is -4.40. The summed E-state index contributed by atoms with van der Waals surface area (Å²) in [5.74, 6) is -3.70. The molecular formula is C29H38FN7O7. The first-order valence-corrected chi connectivity index (χ1v) is 14.7. The summed E-state index contributed by atoms with van der Waals surface area (Å²) >= 11 is 0. The average Bonchev–Trinajstić information content (AvgIpc) is 3.64. The van der Waals surface area contributed by atoms with Crippen molar-refractivity contribution in [1.82, 2.24) is 30.9 Å². The van der Waals surface area contributed by atoms with Crippen LogP contribution in [0.25, 0.3) is 0 Å². The number of aromatic nitrogens is 3. The van der Waals surface area contributed by atoms with Crippen molar-refractivity contribution >= 4 is 35.3 Å². The van der Waals surface area contributed by atoms with E-state index in [1.807, 2.05) is 25.1 Å². The Labute approximate surface area is 253 Å². The Bertz CT molecular complexity index is 1360. The van der Waals surface area contributed by atoms with E-state index in [2.05, 4.69) is 26.0 Å². The van der Waals surface area contributed by atoms with Gasteiger partial charge in [0.25, 0.3) is 0 Å². The third kappa shape index (κ3) is 7.38. The molecule has 4 N–H and O–H groups in total. The fourth-order valence-corrected chi connectivity index (χ4v) is 5.70. The molecule has 0 radical (unpaired) electrons. The second-order valence-corrected chi connectivity index (χ2v) is 10.9. The van der Waals surface area contributed by atoms with Gasteiger partial charge in [-0.25, -0.2) is 4.39 Å². The zero-order valence-electron chi connectivity index (χ0n) is 24.8. The molecule has 0 unspecified atom stereocenters. The summed E-state index contributed by atoms with van der Waals surface area (Å²) in [7, 11) is 0. The number of nitrogens with one attached hydrogen (secondary N) is 3. The van der Waals surface area contributed by atoms with Crippen LogP contribution < -0.4 is 15.5 Å². The van der Waals surface area contributed by atoms with E-state index in [4.69, 9.17) is 4.74 Å². The Balaban J connectivity index is 1.57. The van der Waals surface area contributed by atoms with Crippen molar-refractivity contribution in [2.75, 3.05) is 31.3 Å². The zero-order chi connectivity index (χ0) is 31.8. The normalized spacial score (nSPS) is 18.6. The van der Waals surface area contributed by atoms with E-state index < -0.39 is 67.4 Å². The van der Waals surface area contributed by atoms with Crippen LogP contribution in [-0.4, -0.2) is 99.6 Å². The summed E-state index contributed by atoms with van der Waals surface area (Å²) in [6.45, 7) is 1.77. The third-order valence-corrected chi connectivity index (χ3v) is 8.06. The molecule has 1 aromatic carbocycles. The monoisotopic (exact) mass is 615 g/mol. The number of carboxylic acids is 1. The number of rotatable bonds is 15. The van der Waals surface area contributed by atoms with Crippen molar-refractivity contribution in [1.29, 1.82) is 0 Å². The van der Waals surface area contributed by atoms with Gasteiger partial charge in [-0.3, -0.25) is 28.9 Å². The topological polar surface area (TPSA) is 187 Å². The molecule has 4 amide bonds. The van der Waals surface area contributed by atoms with E-state index in [0.717, 1.165) is 16.0 Å². The van der Waals surface area contributed by atoms with Crippen molar-refractivity contribution in [2.24, 2.45) is 5.92 Å². The third-order valence-electron chi connectivity index (χ3n) is 8.06. The fraction of sp³-hybridized carbons (Fsp3) is 0.552. The first kappa shape index (κ1) is 32.5. The van der Waals surface area contributed by atoms with Crippen LogP contribution in [-0.2, 0) is 48.1 Å². The number of alkyl halides is 1. The summed E-state index contributed by atoms with van der Waals surface area (Å²) in [6.07, 6.45) is 2.53. The van der Waals surface area contributed by atoms with Gasteiger partial charge in [0.15, 0.2) is 0 Å². The Morgan fingerprint density at radius 1 is 1.27 bits per heavy atom. The van der Waals surface area contributed by atoms with E-state index in [1.54, 1.807) is 6.92 Å². The maximum atomic E-state index is 14.1. The van der Waals surface area contributed by atoms with Crippen LogP contribution in [0, 0.1) is 5.92 Å². The van der Waals surface area contributed by atoms with Gasteiger partial charge in [0, 0.05) is 13.0 Å². The predicted octanol–water partition coefficient (Wildman–Crippen LogP) is 0.514. The molecule has 44 heavy (non-hydrogen) atoms. The first-order chi connectivity index (χ1) is 21.2. The average molecular weight is 616 g/mol. The second kappa shape index (κ2) is 14.9. The fourth-order valence-electron chi connectivity index (χ4n) is 5.70. The molecule has 0 fully saturated rings. The molecule has 4 rings (SSSR count). The number of aliphatic carboxylic acids is 1. The maximum absolute atomic E-state index is 14.1. The van der Waals surface area contributed by atoms with Crippen LogP contribution in [0.5, 0.6) is 0 Å². The van der Waals surface area contributed by atoms with Crippen molar-refractivity contribution in [3.8, 4) is 0 Å². The number of halogens is 1. The van der Waals surface area contributed by atoms with Crippen molar-refractivity contribution in [3.63, 3.8) is 0 Å². The van der Waals surface area contributed by atoms with Gasteiger partial charge in [0.2, 0.25) is 23.6 Å². The number of amides is 4. The molecule has 2 aliphatic heterocycles. The van der Waals surface area contributed by atoms with Crippen molar-refractivity contribution < 1.29 is 38.2 Å². The molecule has 1 aromatic heterocycles. The molecule has 4 atom stereocenters. The number of hydrogen-bond donors (Lipinski definition) is 4. The summed E-state index contributed by atoms with van der Waals surface area (Å²) in [5.41, 5.74) is 2.91. The molecule has 2 aliphatic rings. The van der Waals surface area contributed by atoms with Crippen LogP contribution >= 0.6 is 0 Å². The number of carbonyl (C=O) groups is 5. The lowest BCUT2D eigenvalue weighted by Gasteiger charge is -2.35. The molecule has 0 saturated carbocycles. The molecule has 0 spiro atoms. The lowest BCUT2D eigenvalue weighted by molar-refractivity contribution is -0.148. The predicted molar refractivity (Wildman–Crippen MR) is 154 cm³/mol. The van der Waals surface area contributed by atoms with Crippen LogP contribution in [0.1, 0.15) is 49.9 Å². The molecule has 2 aromatic rings. The highest BCUT2D eigenvalue weighted by atomic mass is 19.1. The number of ether oxygens (including phenoxy) is 1. The van der Waals surface area contributed by atoms with E-state index in [1.165, 1.54) is 11.1 Å². The molecule has 238 valence electrons. The quantitative estimate of drug-likeness (QED) is 0.207. The van der Waals surface area contributed by atoms with Gasteiger partial charge in [-0.15, -0.1) is 0 Å². The molecule has 0 saturated heterocycles. The number of H-pyrrole nitrogens is 1. The number of nitrogens with zero attached hydrogens (tertiary/aromatic N) is 4. The van der Waals surface area contributed by atoms with Gasteiger partial charge in [0.1, 0.15) is 37.1 Å². The summed E-state index contributed by atoms with van der Waals surface area (Å²) in [6, 6.07) is 2.66. The van der Waals surface area contributed by atoms with Gasteiger partial charge in [0.05, 0.1) is 31.5 Å². The number of para-hydroxylation sites is 1. The zero-order valence-corrected chi connectivity index (χ0v) is 24.8. The lowest BCUT2D eigenvalue weighted by atomic mass is 9.95. The molecule has 0 aliphatic carbocycles. The second-order valence-electron chi connectivity index (χ2n) is 10.9. The molecule has 3 heterocycles. The van der Waals surface area contributed by atoms with Gasteiger partial charge in [-0.2, -0.15) is 15.4 Å². The number of aromatic amines is 1. The van der Waals surface area contributed by atoms with Gasteiger partial charge in [-0.1, -0.05) is 38.5 Å². The molecule has 0 bridgehead atoms. The first-order valence-electron chi connectivity index (χ1n) is 14.7. The Morgan fingerprint density at radius 2 is 2.05 bits per heavy atom. The Morgan fingerprint density at radius 3 is 2.73 bits per heavy atom. The number of carboxylic acid groups (broad SMARTS) is 1. The van der Waals surface area contributed by atoms with Crippen molar-refractivity contribution in [2.45, 2.75) is 70.6 Å². The number of carbonyl (C=O) groups excluding carboxylic acids is 4.